The molecule has 3 aromatic rings. The van der Waals surface area contributed by atoms with Crippen molar-refractivity contribution in [2.75, 3.05) is 5.32 Å². The third-order valence-corrected chi connectivity index (χ3v) is 4.07. The first-order valence-electron chi connectivity index (χ1n) is 7.77. The van der Waals surface area contributed by atoms with E-state index >= 15 is 0 Å². The van der Waals surface area contributed by atoms with Crippen LogP contribution in [-0.2, 0) is 11.2 Å². The van der Waals surface area contributed by atoms with E-state index < -0.39 is 5.91 Å². The Morgan fingerprint density at radius 1 is 1.32 bits per heavy atom. The highest BCUT2D eigenvalue weighted by molar-refractivity contribution is 6.31. The van der Waals surface area contributed by atoms with Gasteiger partial charge in [0.1, 0.15) is 17.3 Å². The second-order valence-electron chi connectivity index (χ2n) is 5.39. The second-order valence-corrected chi connectivity index (χ2v) is 5.75. The molecule has 124 valence electrons. The number of imidazole rings is 1. The van der Waals surface area contributed by atoms with Gasteiger partial charge in [0.25, 0.3) is 5.91 Å². The lowest BCUT2D eigenvalue weighted by Crippen LogP contribution is -2.13. The molecule has 3 rings (SSSR count). The predicted octanol–water partition coefficient (Wildman–Crippen LogP) is 4.10. The minimum Gasteiger partial charge on any atom is -0.321 e. The normalized spacial score (nSPS) is 11.3. The Kier molecular flexibility index (Phi) is 4.82. The molecule has 0 radical (unpaired) electrons. The van der Waals surface area contributed by atoms with E-state index in [2.05, 4.69) is 17.2 Å². The van der Waals surface area contributed by atoms with Crippen LogP contribution in [0, 0.1) is 11.3 Å². The number of hydrogen-bond donors (Lipinski definition) is 1. The largest absolute Gasteiger partial charge is 0.321 e. The third kappa shape index (κ3) is 3.54. The topological polar surface area (TPSA) is 70.2 Å². The number of rotatable bonds is 4. The van der Waals surface area contributed by atoms with Crippen LogP contribution in [0.15, 0.2) is 54.2 Å². The van der Waals surface area contributed by atoms with E-state index in [1.807, 2.05) is 42.5 Å². The number of halogens is 1. The summed E-state index contributed by atoms with van der Waals surface area (Å²) in [6, 6.07) is 14.9. The molecule has 0 aliphatic carbocycles. The lowest BCUT2D eigenvalue weighted by Gasteiger charge is -2.05. The van der Waals surface area contributed by atoms with Crippen LogP contribution < -0.4 is 5.32 Å². The maximum atomic E-state index is 12.4. The predicted molar refractivity (Wildman–Crippen MR) is 98.2 cm³/mol. The summed E-state index contributed by atoms with van der Waals surface area (Å²) in [4.78, 5) is 16.6. The number of carbonyl (C=O) groups is 1. The van der Waals surface area contributed by atoms with Gasteiger partial charge in [0.05, 0.1) is 5.69 Å². The number of nitriles is 1. The summed E-state index contributed by atoms with van der Waals surface area (Å²) < 4.78 is 1.73. The molecule has 0 atom stereocenters. The van der Waals surface area contributed by atoms with E-state index in [4.69, 9.17) is 11.6 Å². The smallest absolute Gasteiger partial charge is 0.266 e. The minimum atomic E-state index is -0.492. The Labute approximate surface area is 150 Å². The molecule has 6 heteroatoms. The Morgan fingerprint density at radius 3 is 2.76 bits per heavy atom. The van der Waals surface area contributed by atoms with Crippen LogP contribution in [0.5, 0.6) is 0 Å². The first-order valence-corrected chi connectivity index (χ1v) is 8.15. The molecule has 0 spiro atoms. The zero-order valence-corrected chi connectivity index (χ0v) is 14.3. The van der Waals surface area contributed by atoms with Gasteiger partial charge in [0, 0.05) is 11.9 Å². The molecular formula is C19H15ClN4O. The van der Waals surface area contributed by atoms with Crippen molar-refractivity contribution in [2.24, 2.45) is 0 Å². The number of aryl methyl sites for hydroxylation is 1. The molecule has 0 saturated heterocycles. The van der Waals surface area contributed by atoms with Gasteiger partial charge in [-0.2, -0.15) is 5.26 Å². The molecule has 0 aliphatic heterocycles. The number of hydrogen-bond acceptors (Lipinski definition) is 3. The lowest BCUT2D eigenvalue weighted by molar-refractivity contribution is -0.112. The Bertz CT molecular complexity index is 996. The van der Waals surface area contributed by atoms with Gasteiger partial charge >= 0.3 is 0 Å². The lowest BCUT2D eigenvalue weighted by atomic mass is 10.1. The highest BCUT2D eigenvalue weighted by atomic mass is 35.5. The summed E-state index contributed by atoms with van der Waals surface area (Å²) in [5.74, 6) is -0.492. The van der Waals surface area contributed by atoms with Crippen LogP contribution in [0.4, 0.5) is 5.69 Å². The molecule has 2 heterocycles. The summed E-state index contributed by atoms with van der Waals surface area (Å²) in [5.41, 5.74) is 2.89. The molecule has 5 nitrogen and oxygen atoms in total. The number of benzene rings is 1. The fraction of sp³-hybridized carbons (Fsp3) is 0.105. The number of aromatic nitrogens is 2. The van der Waals surface area contributed by atoms with Crippen molar-refractivity contribution < 1.29 is 4.79 Å². The molecule has 0 unspecified atom stereocenters. The summed E-state index contributed by atoms with van der Waals surface area (Å²) in [5, 5.41) is 12.3. The first kappa shape index (κ1) is 16.7. The van der Waals surface area contributed by atoms with Gasteiger partial charge < -0.3 is 5.32 Å². The number of pyridine rings is 1. The Morgan fingerprint density at radius 2 is 2.08 bits per heavy atom. The average Bonchev–Trinajstić information content (AvgIpc) is 2.95. The quantitative estimate of drug-likeness (QED) is 0.569. The van der Waals surface area contributed by atoms with Crippen LogP contribution in [0.1, 0.15) is 18.2 Å². The summed E-state index contributed by atoms with van der Waals surface area (Å²) in [6.07, 6.45) is 4.14. The molecule has 0 bridgehead atoms. The van der Waals surface area contributed by atoms with E-state index in [0.29, 0.717) is 17.0 Å². The molecule has 0 aliphatic rings. The monoisotopic (exact) mass is 350 g/mol. The minimum absolute atomic E-state index is 0.0490. The zero-order chi connectivity index (χ0) is 17.8. The molecular weight excluding hydrogens is 336 g/mol. The van der Waals surface area contributed by atoms with E-state index in [-0.39, 0.29) is 10.7 Å². The highest BCUT2D eigenvalue weighted by Gasteiger charge is 2.14. The van der Waals surface area contributed by atoms with Crippen molar-refractivity contribution in [2.45, 2.75) is 13.3 Å². The van der Waals surface area contributed by atoms with Crippen molar-refractivity contribution in [1.29, 1.82) is 5.26 Å². The van der Waals surface area contributed by atoms with Crippen molar-refractivity contribution in [3.8, 4) is 6.07 Å². The third-order valence-electron chi connectivity index (χ3n) is 3.79. The number of carbonyl (C=O) groups excluding carboxylic acids is 1. The highest BCUT2D eigenvalue weighted by Crippen LogP contribution is 2.21. The maximum absolute atomic E-state index is 12.4. The molecule has 0 saturated carbocycles. The number of nitrogens with one attached hydrogen (secondary N) is 1. The zero-order valence-electron chi connectivity index (χ0n) is 13.5. The SMILES string of the molecule is CCc1ccc(NC(=O)/C(C#N)=C/c2c(Cl)nc3ccccn23)cc1. The van der Waals surface area contributed by atoms with E-state index in [9.17, 15) is 10.1 Å². The van der Waals surface area contributed by atoms with Gasteiger partial charge in [-0.05, 0) is 42.3 Å². The van der Waals surface area contributed by atoms with Crippen LogP contribution >= 0.6 is 11.6 Å². The number of amides is 1. The van der Waals surface area contributed by atoms with Crippen LogP contribution in [0.2, 0.25) is 5.15 Å². The molecule has 2 aromatic heterocycles. The Hall–Kier alpha value is -3.10. The summed E-state index contributed by atoms with van der Waals surface area (Å²) >= 11 is 6.15. The maximum Gasteiger partial charge on any atom is 0.266 e. The van der Waals surface area contributed by atoms with Crippen molar-refractivity contribution in [3.05, 3.63) is 70.6 Å². The molecule has 1 N–H and O–H groups in total. The van der Waals surface area contributed by atoms with Gasteiger partial charge in [0.15, 0.2) is 5.15 Å². The Balaban J connectivity index is 1.90. The van der Waals surface area contributed by atoms with Gasteiger partial charge in [0.2, 0.25) is 0 Å². The fourth-order valence-corrected chi connectivity index (χ4v) is 2.65. The van der Waals surface area contributed by atoms with Gasteiger partial charge in [-0.3, -0.25) is 9.20 Å². The standard InChI is InChI=1S/C19H15ClN4O/c1-2-13-6-8-15(9-7-13)22-19(25)14(12-21)11-16-18(20)23-17-5-3-4-10-24(16)17/h3-11H,2H2,1H3,(H,22,25)/b14-11+. The van der Waals surface area contributed by atoms with E-state index in [0.717, 1.165) is 6.42 Å². The fourth-order valence-electron chi connectivity index (χ4n) is 2.42. The van der Waals surface area contributed by atoms with Crippen molar-refractivity contribution >= 4 is 34.9 Å². The molecule has 25 heavy (non-hydrogen) atoms. The number of nitrogens with zero attached hydrogens (tertiary/aromatic N) is 3. The molecule has 0 fully saturated rings. The average molecular weight is 351 g/mol. The van der Waals surface area contributed by atoms with Crippen LogP contribution in [-0.4, -0.2) is 15.3 Å². The van der Waals surface area contributed by atoms with Crippen molar-refractivity contribution in [1.82, 2.24) is 9.38 Å². The summed E-state index contributed by atoms with van der Waals surface area (Å²) in [6.45, 7) is 2.06. The molecule has 1 aromatic carbocycles. The van der Waals surface area contributed by atoms with Crippen LogP contribution in [0.25, 0.3) is 11.7 Å². The van der Waals surface area contributed by atoms with Crippen molar-refractivity contribution in [3.63, 3.8) is 0 Å². The van der Waals surface area contributed by atoms with Gasteiger partial charge in [-0.15, -0.1) is 0 Å². The van der Waals surface area contributed by atoms with Crippen LogP contribution in [0.3, 0.4) is 0 Å². The number of anilines is 1. The number of fused-ring (bicyclic) bond motifs is 1. The summed E-state index contributed by atoms with van der Waals surface area (Å²) in [7, 11) is 0. The van der Waals surface area contributed by atoms with Gasteiger partial charge in [-0.1, -0.05) is 36.7 Å². The first-order chi connectivity index (χ1) is 12.1. The molecule has 1 amide bonds. The second kappa shape index (κ2) is 7.20. The van der Waals surface area contributed by atoms with E-state index in [1.165, 1.54) is 11.6 Å². The van der Waals surface area contributed by atoms with E-state index in [1.54, 1.807) is 16.7 Å². The van der Waals surface area contributed by atoms with Gasteiger partial charge in [-0.25, -0.2) is 4.98 Å².